The van der Waals surface area contributed by atoms with Crippen molar-refractivity contribution in [3.05, 3.63) is 53.2 Å². The molecule has 0 spiro atoms. The fraction of sp³-hybridized carbons (Fsp3) is 0.312. The number of benzene rings is 1. The van der Waals surface area contributed by atoms with E-state index in [4.69, 9.17) is 11.6 Å². The average Bonchev–Trinajstić information content (AvgIpc) is 2.41. The lowest BCUT2D eigenvalue weighted by atomic mass is 10.1. The second kappa shape index (κ2) is 6.07. The van der Waals surface area contributed by atoms with Gasteiger partial charge in [-0.25, -0.2) is 4.98 Å². The normalized spacial score (nSPS) is 10.5. The van der Waals surface area contributed by atoms with E-state index >= 15 is 0 Å². The first kappa shape index (κ1) is 13.9. The van der Waals surface area contributed by atoms with Crippen molar-refractivity contribution < 1.29 is 0 Å². The molecule has 0 aliphatic carbocycles. The van der Waals surface area contributed by atoms with Crippen LogP contribution in [0.5, 0.6) is 0 Å². The van der Waals surface area contributed by atoms with Gasteiger partial charge >= 0.3 is 0 Å². The number of pyridine rings is 1. The van der Waals surface area contributed by atoms with Gasteiger partial charge in [-0.3, -0.25) is 0 Å². The Balaban J connectivity index is 2.42. The molecule has 0 fully saturated rings. The molecule has 0 amide bonds. The summed E-state index contributed by atoms with van der Waals surface area (Å²) in [5.41, 5.74) is 4.65. The minimum Gasteiger partial charge on any atom is -0.326 e. The molecule has 2 aromatic rings. The van der Waals surface area contributed by atoms with Crippen LogP contribution < -0.4 is 4.90 Å². The van der Waals surface area contributed by atoms with E-state index in [2.05, 4.69) is 61.0 Å². The first-order valence-corrected chi connectivity index (χ1v) is 7.05. The molecular formula is C16H19ClN2. The summed E-state index contributed by atoms with van der Waals surface area (Å²) in [7, 11) is 0. The zero-order valence-corrected chi connectivity index (χ0v) is 12.4. The molecule has 0 aliphatic rings. The lowest BCUT2D eigenvalue weighted by Crippen LogP contribution is -2.18. The summed E-state index contributed by atoms with van der Waals surface area (Å²) in [4.78, 5) is 6.79. The van der Waals surface area contributed by atoms with E-state index in [1.807, 2.05) is 6.20 Å². The number of rotatable bonds is 4. The lowest BCUT2D eigenvalue weighted by Gasteiger charge is -2.24. The Kier molecular flexibility index (Phi) is 4.43. The van der Waals surface area contributed by atoms with Crippen LogP contribution in [-0.2, 0) is 5.88 Å². The van der Waals surface area contributed by atoms with Gasteiger partial charge in [0.1, 0.15) is 5.82 Å². The van der Waals surface area contributed by atoms with Gasteiger partial charge in [-0.1, -0.05) is 12.1 Å². The second-order valence-corrected chi connectivity index (χ2v) is 4.97. The standard InChI is InChI=1S/C16H19ClN2/c1-4-19(15-7-5-6-12(2)8-15)16-13(3)9-14(10-17)11-18-16/h5-9,11H,4,10H2,1-3H3. The van der Waals surface area contributed by atoms with Crippen LogP contribution in [0.1, 0.15) is 23.6 Å². The third-order valence-corrected chi connectivity index (χ3v) is 3.46. The Bertz CT molecular complexity index is 566. The molecule has 0 saturated heterocycles. The van der Waals surface area contributed by atoms with Crippen LogP contribution in [0.15, 0.2) is 36.5 Å². The van der Waals surface area contributed by atoms with Crippen molar-refractivity contribution in [1.82, 2.24) is 4.98 Å². The Morgan fingerprint density at radius 3 is 2.58 bits per heavy atom. The van der Waals surface area contributed by atoms with E-state index < -0.39 is 0 Å². The fourth-order valence-corrected chi connectivity index (χ4v) is 2.38. The molecule has 100 valence electrons. The third-order valence-electron chi connectivity index (χ3n) is 3.15. The third kappa shape index (κ3) is 3.07. The maximum Gasteiger partial charge on any atom is 0.135 e. The van der Waals surface area contributed by atoms with Crippen LogP contribution in [0.25, 0.3) is 0 Å². The maximum absolute atomic E-state index is 5.85. The molecule has 0 aliphatic heterocycles. The summed E-state index contributed by atoms with van der Waals surface area (Å²) in [5.74, 6) is 1.51. The molecule has 2 nitrogen and oxygen atoms in total. The van der Waals surface area contributed by atoms with Gasteiger partial charge in [-0.15, -0.1) is 11.6 Å². The number of nitrogens with zero attached hydrogens (tertiary/aromatic N) is 2. The number of anilines is 2. The highest BCUT2D eigenvalue weighted by Gasteiger charge is 2.11. The number of halogens is 1. The molecule has 1 heterocycles. The molecule has 0 bridgehead atoms. The number of alkyl halides is 1. The predicted molar refractivity (Wildman–Crippen MR) is 82.4 cm³/mol. The van der Waals surface area contributed by atoms with E-state index in [0.29, 0.717) is 5.88 Å². The SMILES string of the molecule is CCN(c1cccc(C)c1)c1ncc(CCl)cc1C. The van der Waals surface area contributed by atoms with Gasteiger partial charge in [0.2, 0.25) is 0 Å². The second-order valence-electron chi connectivity index (χ2n) is 4.70. The van der Waals surface area contributed by atoms with Crippen LogP contribution in [0.3, 0.4) is 0 Å². The van der Waals surface area contributed by atoms with Gasteiger partial charge in [-0.2, -0.15) is 0 Å². The summed E-state index contributed by atoms with van der Waals surface area (Å²) >= 11 is 5.85. The minimum absolute atomic E-state index is 0.505. The van der Waals surface area contributed by atoms with Crippen LogP contribution in [-0.4, -0.2) is 11.5 Å². The lowest BCUT2D eigenvalue weighted by molar-refractivity contribution is 0.973. The van der Waals surface area contributed by atoms with Crippen LogP contribution >= 0.6 is 11.6 Å². The van der Waals surface area contributed by atoms with E-state index in [-0.39, 0.29) is 0 Å². The highest BCUT2D eigenvalue weighted by atomic mass is 35.5. The van der Waals surface area contributed by atoms with E-state index in [1.54, 1.807) is 0 Å². The van der Waals surface area contributed by atoms with Crippen molar-refractivity contribution in [2.75, 3.05) is 11.4 Å². The average molecular weight is 275 g/mol. The van der Waals surface area contributed by atoms with Crippen molar-refractivity contribution in [3.63, 3.8) is 0 Å². The van der Waals surface area contributed by atoms with Crippen LogP contribution in [0.2, 0.25) is 0 Å². The smallest absolute Gasteiger partial charge is 0.135 e. The molecule has 0 saturated carbocycles. The number of aromatic nitrogens is 1. The van der Waals surface area contributed by atoms with Crippen LogP contribution in [0.4, 0.5) is 11.5 Å². The van der Waals surface area contributed by atoms with Gasteiger partial charge < -0.3 is 4.90 Å². The van der Waals surface area contributed by atoms with Gasteiger partial charge in [0.25, 0.3) is 0 Å². The van der Waals surface area contributed by atoms with E-state index in [1.165, 1.54) is 11.3 Å². The molecule has 1 aromatic carbocycles. The molecule has 1 aromatic heterocycles. The molecule has 19 heavy (non-hydrogen) atoms. The first-order valence-electron chi connectivity index (χ1n) is 6.51. The molecule has 0 radical (unpaired) electrons. The monoisotopic (exact) mass is 274 g/mol. The van der Waals surface area contributed by atoms with E-state index in [9.17, 15) is 0 Å². The molecule has 3 heteroatoms. The molecule has 0 unspecified atom stereocenters. The maximum atomic E-state index is 5.85. The highest BCUT2D eigenvalue weighted by molar-refractivity contribution is 6.17. The zero-order chi connectivity index (χ0) is 13.8. The van der Waals surface area contributed by atoms with Crippen molar-refractivity contribution in [2.45, 2.75) is 26.7 Å². The predicted octanol–water partition coefficient (Wildman–Crippen LogP) is 4.60. The number of aryl methyl sites for hydroxylation is 2. The summed E-state index contributed by atoms with van der Waals surface area (Å²) in [6.45, 7) is 7.21. The summed E-state index contributed by atoms with van der Waals surface area (Å²) in [6.07, 6.45) is 1.85. The van der Waals surface area contributed by atoms with Crippen molar-refractivity contribution in [1.29, 1.82) is 0 Å². The van der Waals surface area contributed by atoms with Crippen molar-refractivity contribution in [2.24, 2.45) is 0 Å². The number of hydrogen-bond acceptors (Lipinski definition) is 2. The summed E-state index contributed by atoms with van der Waals surface area (Å²) < 4.78 is 0. The van der Waals surface area contributed by atoms with Gasteiger partial charge in [-0.05, 0) is 55.7 Å². The van der Waals surface area contributed by atoms with Gasteiger partial charge in [0.15, 0.2) is 0 Å². The molecular weight excluding hydrogens is 256 g/mol. The fourth-order valence-electron chi connectivity index (χ4n) is 2.23. The quantitative estimate of drug-likeness (QED) is 0.758. The van der Waals surface area contributed by atoms with Gasteiger partial charge in [0.05, 0.1) is 0 Å². The summed E-state index contributed by atoms with van der Waals surface area (Å²) in [6, 6.07) is 10.6. The van der Waals surface area contributed by atoms with Gasteiger partial charge in [0, 0.05) is 24.3 Å². The zero-order valence-electron chi connectivity index (χ0n) is 11.7. The summed E-state index contributed by atoms with van der Waals surface area (Å²) in [5, 5.41) is 0. The van der Waals surface area contributed by atoms with Crippen LogP contribution in [0, 0.1) is 13.8 Å². The Labute approximate surface area is 120 Å². The Morgan fingerprint density at radius 1 is 1.21 bits per heavy atom. The highest BCUT2D eigenvalue weighted by Crippen LogP contribution is 2.27. The number of hydrogen-bond donors (Lipinski definition) is 0. The molecule has 0 N–H and O–H groups in total. The largest absolute Gasteiger partial charge is 0.326 e. The molecule has 2 rings (SSSR count). The Hall–Kier alpha value is -1.54. The topological polar surface area (TPSA) is 16.1 Å². The Morgan fingerprint density at radius 2 is 2.00 bits per heavy atom. The van der Waals surface area contributed by atoms with E-state index in [0.717, 1.165) is 23.5 Å². The minimum atomic E-state index is 0.505. The molecule has 0 atom stereocenters. The first-order chi connectivity index (χ1) is 9.15. The van der Waals surface area contributed by atoms with Crippen molar-refractivity contribution in [3.8, 4) is 0 Å². The van der Waals surface area contributed by atoms with Crippen molar-refractivity contribution >= 4 is 23.1 Å².